The number of aromatic nitrogens is 2. The molecule has 126 valence electrons. The van der Waals surface area contributed by atoms with E-state index < -0.39 is 18.0 Å². The van der Waals surface area contributed by atoms with E-state index in [1.165, 1.54) is 10.8 Å². The first-order chi connectivity index (χ1) is 10.8. The van der Waals surface area contributed by atoms with Crippen molar-refractivity contribution in [2.24, 2.45) is 5.41 Å². The quantitative estimate of drug-likeness (QED) is 0.616. The Balaban J connectivity index is 0.000000268. The molecule has 2 heterocycles. The zero-order valence-corrected chi connectivity index (χ0v) is 13.5. The number of pyridine rings is 1. The van der Waals surface area contributed by atoms with Gasteiger partial charge in [-0.2, -0.15) is 13.2 Å². The summed E-state index contributed by atoms with van der Waals surface area (Å²) in [5.74, 6) is 0. The third kappa shape index (κ3) is 4.31. The fourth-order valence-electron chi connectivity index (χ4n) is 2.08. The molecular formula is C15H14BrF5N2. The maximum absolute atomic E-state index is 12.7. The van der Waals surface area contributed by atoms with E-state index in [-0.39, 0.29) is 29.6 Å². The van der Waals surface area contributed by atoms with E-state index in [4.69, 9.17) is 0 Å². The zero-order chi connectivity index (χ0) is 17.1. The van der Waals surface area contributed by atoms with Gasteiger partial charge >= 0.3 is 6.18 Å². The first-order valence-corrected chi connectivity index (χ1v) is 7.60. The smallest absolute Gasteiger partial charge is 0.341 e. The molecule has 0 bridgehead atoms. The molecule has 0 N–H and O–H groups in total. The minimum absolute atomic E-state index is 0.0306. The largest absolute Gasteiger partial charge is 0.396 e. The van der Waals surface area contributed by atoms with E-state index in [0.29, 0.717) is 0 Å². The Morgan fingerprint density at radius 1 is 1.17 bits per heavy atom. The van der Waals surface area contributed by atoms with Crippen LogP contribution < -0.4 is 0 Å². The van der Waals surface area contributed by atoms with Crippen molar-refractivity contribution in [2.75, 3.05) is 0 Å². The van der Waals surface area contributed by atoms with Crippen LogP contribution in [0.15, 0.2) is 47.5 Å². The summed E-state index contributed by atoms with van der Waals surface area (Å²) in [6.07, 6.45) is -2.08. The van der Waals surface area contributed by atoms with Gasteiger partial charge in [0.25, 0.3) is 6.43 Å². The summed E-state index contributed by atoms with van der Waals surface area (Å²) < 4.78 is 64.2. The number of hydrogen-bond acceptors (Lipinski definition) is 1. The number of alkyl halides is 5. The number of rotatable bonds is 3. The van der Waals surface area contributed by atoms with E-state index in [1.54, 1.807) is 12.4 Å². The van der Waals surface area contributed by atoms with Gasteiger partial charge in [-0.1, -0.05) is 6.07 Å². The Kier molecular flexibility index (Phi) is 5.44. The number of halogens is 6. The van der Waals surface area contributed by atoms with Crippen LogP contribution in [0.4, 0.5) is 22.0 Å². The fourth-order valence-corrected chi connectivity index (χ4v) is 2.62. The van der Waals surface area contributed by atoms with Crippen LogP contribution >= 0.6 is 15.9 Å². The summed E-state index contributed by atoms with van der Waals surface area (Å²) in [5, 5.41) is 0. The average Bonchev–Trinajstić information content (AvgIpc) is 3.21. The molecule has 0 amide bonds. The summed E-state index contributed by atoms with van der Waals surface area (Å²) in [7, 11) is 0. The number of nitrogens with zero attached hydrogens (tertiary/aromatic N) is 2. The maximum Gasteiger partial charge on any atom is 0.396 e. The van der Waals surface area contributed by atoms with E-state index in [9.17, 15) is 22.0 Å². The van der Waals surface area contributed by atoms with Gasteiger partial charge in [0.15, 0.2) is 0 Å². The molecule has 1 aliphatic carbocycles. The van der Waals surface area contributed by atoms with Crippen LogP contribution in [0.2, 0.25) is 0 Å². The molecule has 2 aromatic rings. The van der Waals surface area contributed by atoms with Crippen molar-refractivity contribution in [1.82, 2.24) is 9.55 Å². The standard InChI is InChI=1S/C10H9BrF5N.C5H5N/c11-7-6(8(12)13)1-4-17(7)5-9(2-3-9)10(14,15)16;1-2-4-6-5-3-1/h1,4,8H,2-3,5H2;1-5H. The molecule has 0 aliphatic heterocycles. The molecule has 1 fully saturated rings. The van der Waals surface area contributed by atoms with Gasteiger partial charge < -0.3 is 4.57 Å². The number of hydrogen-bond donors (Lipinski definition) is 0. The highest BCUT2D eigenvalue weighted by Crippen LogP contribution is 2.59. The van der Waals surface area contributed by atoms with Gasteiger partial charge in [-0.05, 0) is 47.0 Å². The van der Waals surface area contributed by atoms with Gasteiger partial charge in [0, 0.05) is 25.1 Å². The van der Waals surface area contributed by atoms with Gasteiger partial charge in [0.05, 0.1) is 15.6 Å². The Hall–Kier alpha value is -1.44. The minimum atomic E-state index is -4.28. The highest BCUT2D eigenvalue weighted by molar-refractivity contribution is 9.10. The lowest BCUT2D eigenvalue weighted by Crippen LogP contribution is -2.29. The van der Waals surface area contributed by atoms with Crippen molar-refractivity contribution in [1.29, 1.82) is 0 Å². The molecule has 1 aliphatic rings. The highest BCUT2D eigenvalue weighted by Gasteiger charge is 2.63. The molecule has 0 saturated heterocycles. The first kappa shape index (κ1) is 17.9. The topological polar surface area (TPSA) is 17.8 Å². The molecule has 1 saturated carbocycles. The van der Waals surface area contributed by atoms with E-state index in [0.717, 1.165) is 6.07 Å². The predicted octanol–water partition coefficient (Wildman–Crippen LogP) is 5.61. The molecule has 3 rings (SSSR count). The van der Waals surface area contributed by atoms with Gasteiger partial charge in [-0.3, -0.25) is 4.98 Å². The zero-order valence-electron chi connectivity index (χ0n) is 11.9. The molecule has 23 heavy (non-hydrogen) atoms. The van der Waals surface area contributed by atoms with Crippen molar-refractivity contribution in [3.8, 4) is 0 Å². The third-order valence-corrected chi connectivity index (χ3v) is 4.57. The molecule has 8 heteroatoms. The maximum atomic E-state index is 12.7. The first-order valence-electron chi connectivity index (χ1n) is 6.81. The summed E-state index contributed by atoms with van der Waals surface area (Å²) in [6.45, 7) is -0.302. The second-order valence-corrected chi connectivity index (χ2v) is 6.04. The Labute approximate surface area is 138 Å². The average molecular weight is 397 g/mol. The lowest BCUT2D eigenvalue weighted by Gasteiger charge is -2.20. The van der Waals surface area contributed by atoms with Crippen molar-refractivity contribution in [3.05, 3.63) is 53.0 Å². The van der Waals surface area contributed by atoms with Crippen LogP contribution in [0, 0.1) is 5.41 Å². The lowest BCUT2D eigenvalue weighted by molar-refractivity contribution is -0.191. The Morgan fingerprint density at radius 2 is 1.78 bits per heavy atom. The predicted molar refractivity (Wildman–Crippen MR) is 79.0 cm³/mol. The van der Waals surface area contributed by atoms with Crippen molar-refractivity contribution >= 4 is 15.9 Å². The molecule has 0 atom stereocenters. The Bertz CT molecular complexity index is 594. The van der Waals surface area contributed by atoms with Crippen LogP contribution in [-0.2, 0) is 6.54 Å². The van der Waals surface area contributed by atoms with Crippen molar-refractivity contribution in [2.45, 2.75) is 32.0 Å². The van der Waals surface area contributed by atoms with Crippen LogP contribution in [-0.4, -0.2) is 15.7 Å². The van der Waals surface area contributed by atoms with Gasteiger partial charge in [-0.15, -0.1) is 0 Å². The second-order valence-electron chi connectivity index (χ2n) is 5.29. The van der Waals surface area contributed by atoms with Crippen LogP contribution in [0.25, 0.3) is 0 Å². The summed E-state index contributed by atoms with van der Waals surface area (Å²) in [4.78, 5) is 3.78. The fraction of sp³-hybridized carbons (Fsp3) is 0.400. The summed E-state index contributed by atoms with van der Waals surface area (Å²) in [6, 6.07) is 6.86. The molecule has 2 aromatic heterocycles. The van der Waals surface area contributed by atoms with Crippen LogP contribution in [0.1, 0.15) is 24.8 Å². The second kappa shape index (κ2) is 6.98. The van der Waals surface area contributed by atoms with Gasteiger partial charge in [0.1, 0.15) is 0 Å². The SMILES string of the molecule is FC(F)c1ccn(CC2(C(F)(F)F)CC2)c1Br.c1ccncc1. The third-order valence-electron chi connectivity index (χ3n) is 3.65. The molecule has 0 spiro atoms. The Morgan fingerprint density at radius 3 is 2.09 bits per heavy atom. The normalized spacial score (nSPS) is 16.0. The van der Waals surface area contributed by atoms with Crippen molar-refractivity contribution < 1.29 is 22.0 Å². The molecule has 0 aromatic carbocycles. The van der Waals surface area contributed by atoms with E-state index in [1.807, 2.05) is 18.2 Å². The summed E-state index contributed by atoms with van der Waals surface area (Å²) in [5.41, 5.74) is -2.00. The van der Waals surface area contributed by atoms with Crippen LogP contribution in [0.3, 0.4) is 0 Å². The minimum Gasteiger partial charge on any atom is -0.341 e. The van der Waals surface area contributed by atoms with Crippen molar-refractivity contribution in [3.63, 3.8) is 0 Å². The lowest BCUT2D eigenvalue weighted by atomic mass is 10.1. The van der Waals surface area contributed by atoms with E-state index >= 15 is 0 Å². The molecular weight excluding hydrogens is 383 g/mol. The van der Waals surface area contributed by atoms with Gasteiger partial charge in [-0.25, -0.2) is 8.78 Å². The van der Waals surface area contributed by atoms with E-state index in [2.05, 4.69) is 20.9 Å². The van der Waals surface area contributed by atoms with Crippen LogP contribution in [0.5, 0.6) is 0 Å². The van der Waals surface area contributed by atoms with Gasteiger partial charge in [0.2, 0.25) is 0 Å². The summed E-state index contributed by atoms with van der Waals surface area (Å²) >= 11 is 2.91. The molecule has 2 nitrogen and oxygen atoms in total. The monoisotopic (exact) mass is 396 g/mol. The highest BCUT2D eigenvalue weighted by atomic mass is 79.9. The molecule has 0 radical (unpaired) electrons. The molecule has 0 unspecified atom stereocenters.